The summed E-state index contributed by atoms with van der Waals surface area (Å²) in [5.41, 5.74) is -1.23. The van der Waals surface area contributed by atoms with Crippen molar-refractivity contribution < 1.29 is 4.74 Å². The fraction of sp³-hybridized carbons (Fsp3) is 0.556. The van der Waals surface area contributed by atoms with E-state index in [9.17, 15) is 0 Å². The number of nitrogens with zero attached hydrogens (tertiary/aromatic N) is 3. The molecule has 0 spiro atoms. The van der Waals surface area contributed by atoms with Crippen LogP contribution >= 0.6 is 0 Å². The third kappa shape index (κ3) is 3.78. The van der Waals surface area contributed by atoms with Gasteiger partial charge in [-0.3, -0.25) is 0 Å². The van der Waals surface area contributed by atoms with Crippen molar-refractivity contribution in [1.82, 2.24) is 4.90 Å². The highest BCUT2D eigenvalue weighted by Crippen LogP contribution is 2.31. The van der Waals surface area contributed by atoms with Gasteiger partial charge in [-0.15, -0.1) is 0 Å². The molecule has 0 N–H and O–H groups in total. The van der Waals surface area contributed by atoms with Crippen molar-refractivity contribution in [3.63, 3.8) is 0 Å². The van der Waals surface area contributed by atoms with Gasteiger partial charge in [0, 0.05) is 6.04 Å². The van der Waals surface area contributed by atoms with E-state index in [0.717, 1.165) is 0 Å². The molecule has 0 unspecified atom stereocenters. The number of hydrogen-bond donors (Lipinski definition) is 0. The molecule has 2 aliphatic rings. The molecule has 0 amide bonds. The third-order valence-electron chi connectivity index (χ3n) is 4.41. The average molecular weight is 297 g/mol. The van der Waals surface area contributed by atoms with Gasteiger partial charge in [0.15, 0.2) is 0 Å². The van der Waals surface area contributed by atoms with Gasteiger partial charge < -0.3 is 9.64 Å². The highest BCUT2D eigenvalue weighted by atomic mass is 16.5. The van der Waals surface area contributed by atoms with Crippen molar-refractivity contribution in [2.75, 3.05) is 14.1 Å². The summed E-state index contributed by atoms with van der Waals surface area (Å²) in [5, 5.41) is 0. The van der Waals surface area contributed by atoms with Crippen LogP contribution in [0.3, 0.4) is 0 Å². The molecular formula is C18H23N3O. The summed E-state index contributed by atoms with van der Waals surface area (Å²) in [6.07, 6.45) is 12.1. The zero-order valence-electron chi connectivity index (χ0n) is 13.5. The highest BCUT2D eigenvalue weighted by Gasteiger charge is 2.42. The first kappa shape index (κ1) is 16.3. The molecule has 2 rings (SSSR count). The van der Waals surface area contributed by atoms with Crippen LogP contribution in [-0.2, 0) is 4.74 Å². The summed E-state index contributed by atoms with van der Waals surface area (Å²) >= 11 is 0. The fourth-order valence-electron chi connectivity index (χ4n) is 3.07. The minimum atomic E-state index is -1.23. The van der Waals surface area contributed by atoms with E-state index in [-0.39, 0.29) is 0 Å². The van der Waals surface area contributed by atoms with Crippen LogP contribution in [0.2, 0.25) is 0 Å². The molecule has 1 fully saturated rings. The number of hydrogen-bond acceptors (Lipinski definition) is 2. The molecular weight excluding hydrogens is 274 g/mol. The molecule has 0 radical (unpaired) electrons. The Kier molecular flexibility index (Phi) is 5.06. The smallest absolute Gasteiger partial charge is 0.461 e. The molecule has 0 aromatic carbocycles. The minimum Gasteiger partial charge on any atom is -0.461 e. The van der Waals surface area contributed by atoms with Gasteiger partial charge in [-0.05, 0) is 58.7 Å². The van der Waals surface area contributed by atoms with Crippen molar-refractivity contribution in [1.29, 1.82) is 0 Å². The van der Waals surface area contributed by atoms with Crippen molar-refractivity contribution in [2.45, 2.75) is 44.3 Å². The Morgan fingerprint density at radius 1 is 1.18 bits per heavy atom. The molecule has 1 heterocycles. The van der Waals surface area contributed by atoms with Gasteiger partial charge in [0.1, 0.15) is 23.7 Å². The zero-order valence-corrected chi connectivity index (χ0v) is 13.5. The lowest BCUT2D eigenvalue weighted by atomic mass is 9.85. The van der Waals surface area contributed by atoms with Crippen LogP contribution in [0, 0.1) is 19.1 Å². The second-order valence-electron chi connectivity index (χ2n) is 6.30. The molecule has 4 heteroatoms. The van der Waals surface area contributed by atoms with E-state index in [1.54, 1.807) is 19.1 Å². The summed E-state index contributed by atoms with van der Waals surface area (Å²) in [6.45, 7) is 16.3. The van der Waals surface area contributed by atoms with E-state index in [1.165, 1.54) is 25.7 Å². The first-order chi connectivity index (χ1) is 10.5. The highest BCUT2D eigenvalue weighted by molar-refractivity contribution is 5.38. The van der Waals surface area contributed by atoms with Gasteiger partial charge in [-0.1, -0.05) is 6.08 Å². The van der Waals surface area contributed by atoms with E-state index in [4.69, 9.17) is 17.9 Å². The molecule has 116 valence electrons. The summed E-state index contributed by atoms with van der Waals surface area (Å²) in [4.78, 5) is 9.20. The summed E-state index contributed by atoms with van der Waals surface area (Å²) in [6, 6.07) is 0.692. The Bertz CT molecular complexity index is 564. The van der Waals surface area contributed by atoms with Crippen LogP contribution in [0.15, 0.2) is 35.8 Å². The monoisotopic (exact) mass is 297 g/mol. The predicted molar refractivity (Wildman–Crippen MR) is 87.4 cm³/mol. The molecule has 0 bridgehead atoms. The minimum absolute atomic E-state index is 0.558. The van der Waals surface area contributed by atoms with Crippen LogP contribution in [0.4, 0.5) is 0 Å². The lowest BCUT2D eigenvalue weighted by Crippen LogP contribution is -2.31. The molecule has 0 aromatic heterocycles. The van der Waals surface area contributed by atoms with E-state index >= 15 is 0 Å². The third-order valence-corrected chi connectivity index (χ3v) is 4.41. The maximum atomic E-state index is 7.25. The van der Waals surface area contributed by atoms with E-state index in [2.05, 4.69) is 34.8 Å². The summed E-state index contributed by atoms with van der Waals surface area (Å²) < 4.78 is 5.64. The zero-order chi connectivity index (χ0) is 16.2. The SMILES string of the molecule is [C-]#[N+]C1([N+]#[C-])C=C(C)OC(/C=C/C2CCC(N(C)C)CC2)=C1. The molecule has 1 aliphatic heterocycles. The Morgan fingerprint density at radius 2 is 1.82 bits per heavy atom. The van der Waals surface area contributed by atoms with Gasteiger partial charge >= 0.3 is 5.66 Å². The van der Waals surface area contributed by atoms with Gasteiger partial charge in [0.05, 0.1) is 0 Å². The van der Waals surface area contributed by atoms with Crippen molar-refractivity contribution in [3.8, 4) is 0 Å². The summed E-state index contributed by atoms with van der Waals surface area (Å²) in [5.74, 6) is 1.79. The van der Waals surface area contributed by atoms with Gasteiger partial charge in [0.2, 0.25) is 0 Å². The Morgan fingerprint density at radius 3 is 2.36 bits per heavy atom. The molecule has 0 atom stereocenters. The predicted octanol–water partition coefficient (Wildman–Crippen LogP) is 4.02. The van der Waals surface area contributed by atoms with E-state index < -0.39 is 5.66 Å². The standard InChI is InChI=1S/C18H23N3O/c1-14-12-18(19-2,20-3)13-17(22-14)11-8-15-6-9-16(10-7-15)21(4)5/h8,11-13,15-16H,6-7,9-10H2,1,4-5H3/b11-8+. The second kappa shape index (κ2) is 6.81. The van der Waals surface area contributed by atoms with Crippen LogP contribution in [0.1, 0.15) is 32.6 Å². The lowest BCUT2D eigenvalue weighted by molar-refractivity contribution is 0.209. The van der Waals surface area contributed by atoms with E-state index in [1.807, 2.05) is 6.08 Å². The van der Waals surface area contributed by atoms with Gasteiger partial charge in [0.25, 0.3) is 0 Å². The van der Waals surface area contributed by atoms with Crippen LogP contribution in [0.25, 0.3) is 9.69 Å². The molecule has 4 nitrogen and oxygen atoms in total. The number of ether oxygens (including phenoxy) is 1. The molecule has 0 aromatic rings. The second-order valence-corrected chi connectivity index (χ2v) is 6.30. The first-order valence-electron chi connectivity index (χ1n) is 7.70. The molecule has 1 aliphatic carbocycles. The lowest BCUT2D eigenvalue weighted by Gasteiger charge is -2.31. The molecule has 0 saturated heterocycles. The van der Waals surface area contributed by atoms with Crippen molar-refractivity contribution in [3.05, 3.63) is 58.7 Å². The number of rotatable bonds is 3. The largest absolute Gasteiger partial charge is 0.531 e. The first-order valence-corrected chi connectivity index (χ1v) is 7.70. The molecule has 1 saturated carbocycles. The number of allylic oxidation sites excluding steroid dienone is 3. The summed E-state index contributed by atoms with van der Waals surface area (Å²) in [7, 11) is 4.29. The van der Waals surface area contributed by atoms with Crippen LogP contribution in [0.5, 0.6) is 0 Å². The molecule has 22 heavy (non-hydrogen) atoms. The maximum Gasteiger partial charge on any atom is 0.531 e. The van der Waals surface area contributed by atoms with Crippen molar-refractivity contribution in [2.24, 2.45) is 5.92 Å². The Balaban J connectivity index is 2.01. The van der Waals surface area contributed by atoms with Crippen molar-refractivity contribution >= 4 is 0 Å². The van der Waals surface area contributed by atoms with Crippen LogP contribution in [-0.4, -0.2) is 30.7 Å². The van der Waals surface area contributed by atoms with E-state index in [0.29, 0.717) is 23.5 Å². The Hall–Kier alpha value is -2.04. The van der Waals surface area contributed by atoms with Crippen LogP contribution < -0.4 is 0 Å². The van der Waals surface area contributed by atoms with Gasteiger partial charge in [-0.25, -0.2) is 22.8 Å². The normalized spacial score (nSPS) is 27.5. The topological polar surface area (TPSA) is 21.2 Å². The fourth-order valence-corrected chi connectivity index (χ4v) is 3.07. The maximum absolute atomic E-state index is 7.25. The average Bonchev–Trinajstić information content (AvgIpc) is 2.52. The van der Waals surface area contributed by atoms with Gasteiger partial charge in [-0.2, -0.15) is 0 Å². The quantitative estimate of drug-likeness (QED) is 0.734. The Labute approximate surface area is 133 Å².